The standard InChI is InChI=1S/C15H12O4/c16-8-3-1-2-5-9(8)13(18)11-7-4-6(10(11)12(5)17)14-15(7)19-14/h1-3,6-7,10-11,14-16H,4H2. The summed E-state index contributed by atoms with van der Waals surface area (Å²) in [6, 6.07) is 4.76. The van der Waals surface area contributed by atoms with Gasteiger partial charge in [-0.25, -0.2) is 0 Å². The molecule has 19 heavy (non-hydrogen) atoms. The van der Waals surface area contributed by atoms with E-state index in [-0.39, 0.29) is 58.8 Å². The van der Waals surface area contributed by atoms with Gasteiger partial charge in [0.05, 0.1) is 17.8 Å². The van der Waals surface area contributed by atoms with Crippen LogP contribution in [-0.4, -0.2) is 28.9 Å². The van der Waals surface area contributed by atoms with E-state index in [1.54, 1.807) is 12.1 Å². The number of hydrogen-bond donors (Lipinski definition) is 1. The number of Topliss-reactive ketones (excluding diaryl/α,β-unsaturated/α-hetero) is 2. The van der Waals surface area contributed by atoms with Gasteiger partial charge in [0.1, 0.15) is 5.75 Å². The zero-order valence-electron chi connectivity index (χ0n) is 10.1. The van der Waals surface area contributed by atoms with Crippen LogP contribution < -0.4 is 0 Å². The summed E-state index contributed by atoms with van der Waals surface area (Å²) in [5, 5.41) is 9.91. The molecule has 0 amide bonds. The average Bonchev–Trinajstić information content (AvgIpc) is 3.01. The maximum Gasteiger partial charge on any atom is 0.171 e. The second kappa shape index (κ2) is 2.90. The number of ether oxygens (including phenoxy) is 1. The fraction of sp³-hybridized carbons (Fsp3) is 0.467. The van der Waals surface area contributed by atoms with Gasteiger partial charge in [0.2, 0.25) is 0 Å². The molecule has 96 valence electrons. The second-order valence-corrected chi connectivity index (χ2v) is 6.11. The first-order valence-corrected chi connectivity index (χ1v) is 6.74. The van der Waals surface area contributed by atoms with Crippen molar-refractivity contribution in [3.05, 3.63) is 29.3 Å². The Hall–Kier alpha value is -1.68. The van der Waals surface area contributed by atoms with Gasteiger partial charge in [-0.2, -0.15) is 0 Å². The Bertz CT molecular complexity index is 650. The van der Waals surface area contributed by atoms with Gasteiger partial charge in [-0.1, -0.05) is 12.1 Å². The molecule has 4 aliphatic rings. The number of phenols is 1. The van der Waals surface area contributed by atoms with Gasteiger partial charge in [-0.05, 0) is 24.3 Å². The molecule has 1 aromatic rings. The number of phenolic OH excluding ortho intramolecular Hbond substituents is 1. The minimum atomic E-state index is -0.262. The zero-order chi connectivity index (χ0) is 12.9. The molecule has 3 fully saturated rings. The van der Waals surface area contributed by atoms with Crippen LogP contribution >= 0.6 is 0 Å². The van der Waals surface area contributed by atoms with Gasteiger partial charge in [-0.3, -0.25) is 9.59 Å². The van der Waals surface area contributed by atoms with E-state index < -0.39 is 0 Å². The van der Waals surface area contributed by atoms with Crippen LogP contribution in [0, 0.1) is 23.7 Å². The third kappa shape index (κ3) is 0.984. The Labute approximate surface area is 109 Å². The molecule has 0 spiro atoms. The van der Waals surface area contributed by atoms with Gasteiger partial charge in [0, 0.05) is 17.4 Å². The van der Waals surface area contributed by atoms with Crippen molar-refractivity contribution >= 4 is 11.6 Å². The van der Waals surface area contributed by atoms with Crippen LogP contribution in [-0.2, 0) is 4.74 Å². The minimum absolute atomic E-state index is 0.0250. The van der Waals surface area contributed by atoms with Gasteiger partial charge in [0.15, 0.2) is 11.6 Å². The van der Waals surface area contributed by atoms with E-state index >= 15 is 0 Å². The van der Waals surface area contributed by atoms with Gasteiger partial charge in [0.25, 0.3) is 0 Å². The maximum atomic E-state index is 12.7. The Balaban J connectivity index is 1.74. The van der Waals surface area contributed by atoms with Gasteiger partial charge in [-0.15, -0.1) is 0 Å². The van der Waals surface area contributed by atoms with E-state index in [1.165, 1.54) is 6.07 Å². The molecule has 1 heterocycles. The summed E-state index contributed by atoms with van der Waals surface area (Å²) in [5.41, 5.74) is 0.634. The Kier molecular flexibility index (Phi) is 1.55. The average molecular weight is 256 g/mol. The fourth-order valence-corrected chi connectivity index (χ4v) is 4.71. The lowest BCUT2D eigenvalue weighted by atomic mass is 9.67. The molecule has 3 aliphatic carbocycles. The van der Waals surface area contributed by atoms with Crippen LogP contribution in [0.2, 0.25) is 0 Å². The molecule has 2 bridgehead atoms. The number of fused-ring (bicyclic) bond motifs is 9. The first-order valence-electron chi connectivity index (χ1n) is 6.74. The van der Waals surface area contributed by atoms with Crippen LogP contribution in [0.4, 0.5) is 0 Å². The van der Waals surface area contributed by atoms with Crippen LogP contribution in [0.25, 0.3) is 0 Å². The van der Waals surface area contributed by atoms with Crippen LogP contribution in [0.15, 0.2) is 18.2 Å². The highest BCUT2D eigenvalue weighted by Gasteiger charge is 2.71. The molecule has 6 atom stereocenters. The summed E-state index contributed by atoms with van der Waals surface area (Å²) in [4.78, 5) is 25.3. The number of rotatable bonds is 0. The van der Waals surface area contributed by atoms with Gasteiger partial charge < -0.3 is 9.84 Å². The highest BCUT2D eigenvalue weighted by atomic mass is 16.6. The monoisotopic (exact) mass is 256 g/mol. The lowest BCUT2D eigenvalue weighted by Crippen LogP contribution is -2.42. The Morgan fingerprint density at radius 2 is 1.74 bits per heavy atom. The highest BCUT2D eigenvalue weighted by molar-refractivity contribution is 6.18. The summed E-state index contributed by atoms with van der Waals surface area (Å²) in [7, 11) is 0. The number of carbonyl (C=O) groups is 2. The molecule has 1 saturated heterocycles. The highest BCUT2D eigenvalue weighted by Crippen LogP contribution is 2.64. The lowest BCUT2D eigenvalue weighted by Gasteiger charge is -2.32. The molecule has 6 unspecified atom stereocenters. The molecule has 0 radical (unpaired) electrons. The SMILES string of the molecule is O=C1c2cccc(O)c2C(=O)C2C3CC(C4OC34)C12. The summed E-state index contributed by atoms with van der Waals surface area (Å²) < 4.78 is 5.59. The molecule has 1 aromatic carbocycles. The molecule has 1 aliphatic heterocycles. The van der Waals surface area contributed by atoms with Crippen molar-refractivity contribution in [3.8, 4) is 5.75 Å². The second-order valence-electron chi connectivity index (χ2n) is 6.11. The van der Waals surface area contributed by atoms with Crippen molar-refractivity contribution in [3.63, 3.8) is 0 Å². The van der Waals surface area contributed by atoms with Crippen molar-refractivity contribution in [2.45, 2.75) is 18.6 Å². The quantitative estimate of drug-likeness (QED) is 0.713. The van der Waals surface area contributed by atoms with E-state index in [9.17, 15) is 14.7 Å². The number of epoxide rings is 1. The Morgan fingerprint density at radius 1 is 1.05 bits per heavy atom. The Morgan fingerprint density at radius 3 is 2.47 bits per heavy atom. The molecule has 0 aromatic heterocycles. The van der Waals surface area contributed by atoms with Crippen molar-refractivity contribution in [1.82, 2.24) is 0 Å². The van der Waals surface area contributed by atoms with Crippen LogP contribution in [0.1, 0.15) is 27.1 Å². The summed E-state index contributed by atoms with van der Waals surface area (Å²) in [6.45, 7) is 0. The molecule has 5 rings (SSSR count). The van der Waals surface area contributed by atoms with Crippen LogP contribution in [0.3, 0.4) is 0 Å². The summed E-state index contributed by atoms with van der Waals surface area (Å²) in [5.74, 6) is -0.171. The van der Waals surface area contributed by atoms with E-state index in [1.807, 2.05) is 0 Å². The first-order chi connectivity index (χ1) is 9.18. The van der Waals surface area contributed by atoms with E-state index in [4.69, 9.17) is 4.74 Å². The molecule has 4 heteroatoms. The van der Waals surface area contributed by atoms with Crippen molar-refractivity contribution in [2.75, 3.05) is 0 Å². The molecule has 4 nitrogen and oxygen atoms in total. The number of aromatic hydroxyl groups is 1. The maximum absolute atomic E-state index is 12.7. The number of benzene rings is 1. The van der Waals surface area contributed by atoms with E-state index in [0.717, 1.165) is 6.42 Å². The molecular formula is C15H12O4. The van der Waals surface area contributed by atoms with Crippen molar-refractivity contribution < 1.29 is 19.4 Å². The van der Waals surface area contributed by atoms with E-state index in [2.05, 4.69) is 0 Å². The lowest BCUT2D eigenvalue weighted by molar-refractivity contribution is 0.0679. The van der Waals surface area contributed by atoms with Crippen molar-refractivity contribution in [1.29, 1.82) is 0 Å². The summed E-state index contributed by atoms with van der Waals surface area (Å²) in [6.07, 6.45) is 1.33. The summed E-state index contributed by atoms with van der Waals surface area (Å²) >= 11 is 0. The number of hydrogen-bond acceptors (Lipinski definition) is 4. The van der Waals surface area contributed by atoms with E-state index in [0.29, 0.717) is 5.56 Å². The zero-order valence-corrected chi connectivity index (χ0v) is 10.1. The molecule has 1 N–H and O–H groups in total. The third-order valence-corrected chi connectivity index (χ3v) is 5.42. The third-order valence-electron chi connectivity index (χ3n) is 5.42. The first kappa shape index (κ1) is 10.1. The fourth-order valence-electron chi connectivity index (χ4n) is 4.71. The topological polar surface area (TPSA) is 66.9 Å². The largest absolute Gasteiger partial charge is 0.507 e. The molecular weight excluding hydrogens is 244 g/mol. The number of carbonyl (C=O) groups excluding carboxylic acids is 2. The van der Waals surface area contributed by atoms with Crippen LogP contribution in [0.5, 0.6) is 5.75 Å². The predicted molar refractivity (Wildman–Crippen MR) is 64.0 cm³/mol. The normalized spacial score (nSPS) is 44.8. The minimum Gasteiger partial charge on any atom is -0.507 e. The molecule has 2 saturated carbocycles. The smallest absolute Gasteiger partial charge is 0.171 e. The predicted octanol–water partition coefficient (Wildman–Crippen LogP) is 1.42. The van der Waals surface area contributed by atoms with Crippen molar-refractivity contribution in [2.24, 2.45) is 23.7 Å². The number of ketones is 2. The van der Waals surface area contributed by atoms with Gasteiger partial charge >= 0.3 is 0 Å².